The Morgan fingerprint density at radius 1 is 0.956 bits per heavy atom. The number of carbonyl (C=O) groups is 2. The van der Waals surface area contributed by atoms with E-state index in [1.807, 2.05) is 90.6 Å². The second-order valence-corrected chi connectivity index (χ2v) is 12.0. The molecule has 1 aromatic heterocycles. The van der Waals surface area contributed by atoms with Crippen molar-refractivity contribution in [3.63, 3.8) is 0 Å². The Morgan fingerprint density at radius 3 is 2.42 bits per heavy atom. The SMILES string of the molecule is Cn1ccnc1SC[C@H]1C[C@@H](c2ccc(CO)cc2)O[C@@H](c2ccc(-c3cccc(CNC(=O)CCCC(=O)NO)c3)cc2)O1. The van der Waals surface area contributed by atoms with Crippen LogP contribution in [0.25, 0.3) is 11.1 Å². The van der Waals surface area contributed by atoms with E-state index >= 15 is 0 Å². The molecule has 3 aromatic carbocycles. The van der Waals surface area contributed by atoms with Gasteiger partial charge in [0.25, 0.3) is 0 Å². The fourth-order valence-electron chi connectivity index (χ4n) is 5.13. The van der Waals surface area contributed by atoms with Crippen molar-refractivity contribution in [3.05, 3.63) is 107 Å². The molecule has 236 valence electrons. The molecule has 2 amide bonds. The van der Waals surface area contributed by atoms with Crippen molar-refractivity contribution in [2.45, 2.75) is 62.5 Å². The Labute approximate surface area is 266 Å². The number of nitrogens with zero attached hydrogens (tertiary/aromatic N) is 2. The monoisotopic (exact) mass is 630 g/mol. The number of rotatable bonds is 13. The minimum absolute atomic E-state index is 0.00223. The number of ether oxygens (including phenoxy) is 2. The molecule has 4 aromatic rings. The van der Waals surface area contributed by atoms with E-state index in [0.717, 1.165) is 44.3 Å². The van der Waals surface area contributed by atoms with Crippen LogP contribution in [0.3, 0.4) is 0 Å². The number of hydrogen-bond acceptors (Lipinski definition) is 8. The number of benzene rings is 3. The van der Waals surface area contributed by atoms with E-state index in [0.29, 0.717) is 19.4 Å². The number of aryl methyl sites for hydroxylation is 1. The molecule has 1 saturated heterocycles. The fourth-order valence-corrected chi connectivity index (χ4v) is 6.08. The predicted octanol–water partition coefficient (Wildman–Crippen LogP) is 5.21. The van der Waals surface area contributed by atoms with Crippen LogP contribution in [0.4, 0.5) is 0 Å². The molecule has 4 N–H and O–H groups in total. The highest BCUT2D eigenvalue weighted by atomic mass is 32.2. The van der Waals surface area contributed by atoms with Crippen molar-refractivity contribution in [1.82, 2.24) is 20.3 Å². The summed E-state index contributed by atoms with van der Waals surface area (Å²) in [5.74, 6) is 0.0769. The van der Waals surface area contributed by atoms with E-state index in [1.54, 1.807) is 23.4 Å². The van der Waals surface area contributed by atoms with E-state index in [-0.39, 0.29) is 37.6 Å². The van der Waals surface area contributed by atoms with Crippen molar-refractivity contribution < 1.29 is 29.4 Å². The zero-order chi connectivity index (χ0) is 31.6. The largest absolute Gasteiger partial charge is 0.392 e. The molecule has 0 unspecified atom stereocenters. The molecule has 2 heterocycles. The summed E-state index contributed by atoms with van der Waals surface area (Å²) in [5.41, 5.74) is 7.39. The van der Waals surface area contributed by atoms with Crippen LogP contribution < -0.4 is 10.8 Å². The highest BCUT2D eigenvalue weighted by molar-refractivity contribution is 7.99. The molecule has 11 heteroatoms. The zero-order valence-corrected chi connectivity index (χ0v) is 25.9. The van der Waals surface area contributed by atoms with E-state index in [4.69, 9.17) is 14.7 Å². The lowest BCUT2D eigenvalue weighted by molar-refractivity contribution is -0.245. The van der Waals surface area contributed by atoms with Crippen molar-refractivity contribution >= 4 is 23.6 Å². The molecule has 5 rings (SSSR count). The standard InChI is InChI=1S/C34H38N4O6S/c1-38-17-16-35-34(38)45-22-29-19-30(26-10-8-23(21-39)9-11-26)44-33(43-29)27-14-12-25(13-15-27)28-5-2-4-24(18-28)20-36-31(40)6-3-7-32(41)37-42/h2,4-5,8-18,29-30,33,39,42H,3,6-7,19-22H2,1H3,(H,36,40)(H,37,41)/t29-,30+,33+/m1/s1. The molecule has 1 aliphatic heterocycles. The van der Waals surface area contributed by atoms with E-state index in [2.05, 4.69) is 10.3 Å². The van der Waals surface area contributed by atoms with Gasteiger partial charge in [0.1, 0.15) is 0 Å². The van der Waals surface area contributed by atoms with Crippen LogP contribution in [0, 0.1) is 0 Å². The Balaban J connectivity index is 1.24. The quantitative estimate of drug-likeness (QED) is 0.0899. The van der Waals surface area contributed by atoms with Gasteiger partial charge in [-0.2, -0.15) is 0 Å². The molecule has 10 nitrogen and oxygen atoms in total. The fraction of sp³-hybridized carbons (Fsp3) is 0.324. The summed E-state index contributed by atoms with van der Waals surface area (Å²) in [6, 6.07) is 24.0. The minimum atomic E-state index is -0.549. The number of nitrogens with one attached hydrogen (secondary N) is 2. The molecule has 0 bridgehead atoms. The number of aliphatic hydroxyl groups is 1. The molecular formula is C34H38N4O6S. The lowest BCUT2D eigenvalue weighted by atomic mass is 9.99. The van der Waals surface area contributed by atoms with Crippen molar-refractivity contribution in [2.75, 3.05) is 5.75 Å². The highest BCUT2D eigenvalue weighted by Gasteiger charge is 2.32. The first-order valence-electron chi connectivity index (χ1n) is 14.9. The first kappa shape index (κ1) is 32.4. The first-order valence-corrected chi connectivity index (χ1v) is 15.9. The Hall–Kier alpha value is -4.00. The molecule has 3 atom stereocenters. The minimum Gasteiger partial charge on any atom is -0.392 e. The van der Waals surface area contributed by atoms with Gasteiger partial charge in [0.05, 0.1) is 18.8 Å². The molecule has 0 aliphatic carbocycles. The van der Waals surface area contributed by atoms with Gasteiger partial charge in [0.2, 0.25) is 11.8 Å². The Morgan fingerprint density at radius 2 is 1.71 bits per heavy atom. The lowest BCUT2D eigenvalue weighted by Gasteiger charge is -2.36. The molecule has 0 spiro atoms. The van der Waals surface area contributed by atoms with E-state index in [9.17, 15) is 14.7 Å². The number of imidazole rings is 1. The third-order valence-electron chi connectivity index (χ3n) is 7.66. The summed E-state index contributed by atoms with van der Waals surface area (Å²) in [7, 11) is 1.98. The number of amides is 2. The van der Waals surface area contributed by atoms with E-state index in [1.165, 1.54) is 0 Å². The maximum atomic E-state index is 12.2. The van der Waals surface area contributed by atoms with Crippen LogP contribution in [0.15, 0.2) is 90.3 Å². The average Bonchev–Trinajstić information content (AvgIpc) is 3.50. The number of aliphatic hydroxyl groups excluding tert-OH is 1. The second kappa shape index (κ2) is 15.8. The molecule has 0 radical (unpaired) electrons. The Kier molecular flexibility index (Phi) is 11.4. The molecule has 45 heavy (non-hydrogen) atoms. The van der Waals surface area contributed by atoms with Gasteiger partial charge in [0.15, 0.2) is 11.4 Å². The summed E-state index contributed by atoms with van der Waals surface area (Å²) in [6.07, 6.45) is 4.30. The van der Waals surface area contributed by atoms with Crippen LogP contribution in [-0.2, 0) is 39.3 Å². The van der Waals surface area contributed by atoms with Crippen LogP contribution in [-0.4, -0.2) is 43.5 Å². The zero-order valence-electron chi connectivity index (χ0n) is 25.1. The predicted molar refractivity (Wildman–Crippen MR) is 170 cm³/mol. The van der Waals surface area contributed by atoms with Gasteiger partial charge in [0, 0.05) is 56.6 Å². The van der Waals surface area contributed by atoms with Gasteiger partial charge in [-0.15, -0.1) is 0 Å². The number of carbonyl (C=O) groups excluding carboxylic acids is 2. The third kappa shape index (κ3) is 9.03. The number of aromatic nitrogens is 2. The van der Waals surface area contributed by atoms with Crippen LogP contribution in [0.2, 0.25) is 0 Å². The summed E-state index contributed by atoms with van der Waals surface area (Å²) < 4.78 is 15.0. The summed E-state index contributed by atoms with van der Waals surface area (Å²) in [5, 5.41) is 21.9. The number of thioether (sulfide) groups is 1. The van der Waals surface area contributed by atoms with Gasteiger partial charge in [-0.1, -0.05) is 78.5 Å². The topological polar surface area (TPSA) is 135 Å². The number of hydroxylamine groups is 1. The van der Waals surface area contributed by atoms with Gasteiger partial charge < -0.3 is 24.5 Å². The van der Waals surface area contributed by atoms with Gasteiger partial charge >= 0.3 is 0 Å². The van der Waals surface area contributed by atoms with Gasteiger partial charge in [-0.3, -0.25) is 14.8 Å². The first-order chi connectivity index (χ1) is 21.9. The van der Waals surface area contributed by atoms with Gasteiger partial charge in [-0.25, -0.2) is 10.5 Å². The normalized spacial score (nSPS) is 18.0. The molecule has 0 saturated carbocycles. The average molecular weight is 631 g/mol. The van der Waals surface area contributed by atoms with Crippen LogP contribution >= 0.6 is 11.8 Å². The van der Waals surface area contributed by atoms with Crippen molar-refractivity contribution in [2.24, 2.45) is 7.05 Å². The van der Waals surface area contributed by atoms with Crippen LogP contribution in [0.5, 0.6) is 0 Å². The molecule has 1 fully saturated rings. The lowest BCUT2D eigenvalue weighted by Crippen LogP contribution is -2.31. The summed E-state index contributed by atoms with van der Waals surface area (Å²) in [6.45, 7) is 0.372. The highest BCUT2D eigenvalue weighted by Crippen LogP contribution is 2.39. The molecule has 1 aliphatic rings. The van der Waals surface area contributed by atoms with E-state index < -0.39 is 12.2 Å². The second-order valence-electron chi connectivity index (χ2n) is 11.0. The smallest absolute Gasteiger partial charge is 0.243 e. The summed E-state index contributed by atoms with van der Waals surface area (Å²) in [4.78, 5) is 27.7. The maximum absolute atomic E-state index is 12.2. The van der Waals surface area contributed by atoms with Crippen molar-refractivity contribution in [1.29, 1.82) is 0 Å². The van der Waals surface area contributed by atoms with Crippen molar-refractivity contribution in [3.8, 4) is 11.1 Å². The van der Waals surface area contributed by atoms with Crippen LogP contribution in [0.1, 0.15) is 60.3 Å². The number of hydrogen-bond donors (Lipinski definition) is 4. The third-order valence-corrected chi connectivity index (χ3v) is 8.85. The Bertz CT molecular complexity index is 1560. The maximum Gasteiger partial charge on any atom is 0.243 e. The molecular weight excluding hydrogens is 592 g/mol. The van der Waals surface area contributed by atoms with Gasteiger partial charge in [-0.05, 0) is 40.3 Å². The summed E-state index contributed by atoms with van der Waals surface area (Å²) >= 11 is 1.66.